The first-order chi connectivity index (χ1) is 17.5. The van der Waals surface area contributed by atoms with E-state index >= 15 is 0 Å². The number of hydrogen-bond acceptors (Lipinski definition) is 2. The van der Waals surface area contributed by atoms with Crippen molar-refractivity contribution < 1.29 is 13.9 Å². The summed E-state index contributed by atoms with van der Waals surface area (Å²) in [4.78, 5) is 12.6. The van der Waals surface area contributed by atoms with Gasteiger partial charge in [-0.15, -0.1) is 0 Å². The number of hydrogen-bond donors (Lipinski definition) is 0. The molecule has 1 fully saturated rings. The van der Waals surface area contributed by atoms with Crippen LogP contribution in [0.25, 0.3) is 0 Å². The molecule has 1 atom stereocenters. The van der Waals surface area contributed by atoms with Gasteiger partial charge in [0.15, 0.2) is 0 Å². The fraction of sp³-hybridized carbons (Fsp3) is 0.364. The molecule has 1 saturated carbocycles. The van der Waals surface area contributed by atoms with Crippen molar-refractivity contribution in [1.82, 2.24) is 0 Å². The smallest absolute Gasteiger partial charge is 0.343 e. The van der Waals surface area contributed by atoms with Crippen LogP contribution in [0.5, 0.6) is 5.75 Å². The fourth-order valence-corrected chi connectivity index (χ4v) is 5.41. The Morgan fingerprint density at radius 1 is 1.00 bits per heavy atom. The van der Waals surface area contributed by atoms with Crippen LogP contribution in [-0.2, 0) is 6.42 Å². The van der Waals surface area contributed by atoms with Gasteiger partial charge < -0.3 is 4.74 Å². The van der Waals surface area contributed by atoms with Gasteiger partial charge in [-0.25, -0.2) is 9.18 Å². The monoisotopic (exact) mass is 484 g/mol. The van der Waals surface area contributed by atoms with Gasteiger partial charge >= 0.3 is 5.97 Å². The third kappa shape index (κ3) is 6.94. The molecule has 2 nitrogen and oxygen atoms in total. The van der Waals surface area contributed by atoms with Gasteiger partial charge in [0.1, 0.15) is 11.6 Å². The highest BCUT2D eigenvalue weighted by Gasteiger charge is 2.24. The average Bonchev–Trinajstić information content (AvgIpc) is 2.91. The first-order valence-electron chi connectivity index (χ1n) is 13.3. The van der Waals surface area contributed by atoms with Crippen LogP contribution in [0.1, 0.15) is 91.3 Å². The number of halogens is 1. The molecule has 0 aromatic heterocycles. The highest BCUT2D eigenvalue weighted by Crippen LogP contribution is 2.39. The van der Waals surface area contributed by atoms with Crippen molar-refractivity contribution in [1.29, 1.82) is 0 Å². The zero-order chi connectivity index (χ0) is 25.3. The molecule has 1 aliphatic rings. The van der Waals surface area contributed by atoms with Gasteiger partial charge in [0.25, 0.3) is 0 Å². The lowest BCUT2D eigenvalue weighted by Gasteiger charge is -2.30. The quantitative estimate of drug-likeness (QED) is 0.172. The fourth-order valence-electron chi connectivity index (χ4n) is 5.41. The number of allylic oxidation sites excluding steroid dienone is 2. The minimum absolute atomic E-state index is 0.236. The summed E-state index contributed by atoms with van der Waals surface area (Å²) in [5, 5.41) is 0. The van der Waals surface area contributed by atoms with Crippen molar-refractivity contribution in [2.24, 2.45) is 5.92 Å². The molecule has 1 aliphatic carbocycles. The number of carbonyl (C=O) groups is 1. The van der Waals surface area contributed by atoms with Crippen LogP contribution in [0.4, 0.5) is 4.39 Å². The predicted octanol–water partition coefficient (Wildman–Crippen LogP) is 9.02. The maximum absolute atomic E-state index is 14.4. The summed E-state index contributed by atoms with van der Waals surface area (Å²) in [6.45, 7) is 4.29. The van der Waals surface area contributed by atoms with Crippen molar-refractivity contribution in [2.75, 3.05) is 0 Å². The van der Waals surface area contributed by atoms with Gasteiger partial charge in [0.05, 0.1) is 5.56 Å². The van der Waals surface area contributed by atoms with Gasteiger partial charge in [0.2, 0.25) is 0 Å². The number of aryl methyl sites for hydroxylation is 1. The van der Waals surface area contributed by atoms with Crippen LogP contribution in [0.2, 0.25) is 0 Å². The Hall–Kier alpha value is -3.20. The van der Waals surface area contributed by atoms with Crippen LogP contribution in [0.15, 0.2) is 84.9 Å². The molecule has 0 N–H and O–H groups in total. The Labute approximate surface area is 215 Å². The summed E-state index contributed by atoms with van der Waals surface area (Å²) in [7, 11) is 0. The summed E-state index contributed by atoms with van der Waals surface area (Å²) < 4.78 is 19.8. The van der Waals surface area contributed by atoms with Gasteiger partial charge in [-0.2, -0.15) is 0 Å². The molecular formula is C33H37FO2. The molecule has 0 spiro atoms. The van der Waals surface area contributed by atoms with Crippen LogP contribution in [0.3, 0.4) is 0 Å². The first-order valence-corrected chi connectivity index (χ1v) is 13.3. The molecule has 0 amide bonds. The second kappa shape index (κ2) is 12.7. The Morgan fingerprint density at radius 3 is 2.39 bits per heavy atom. The van der Waals surface area contributed by atoms with Crippen LogP contribution >= 0.6 is 0 Å². The lowest BCUT2D eigenvalue weighted by Crippen LogP contribution is -2.15. The third-order valence-corrected chi connectivity index (χ3v) is 7.57. The molecule has 0 saturated heterocycles. The summed E-state index contributed by atoms with van der Waals surface area (Å²) in [5.41, 5.74) is 3.84. The largest absolute Gasteiger partial charge is 0.423 e. The van der Waals surface area contributed by atoms with Crippen molar-refractivity contribution in [2.45, 2.75) is 70.6 Å². The number of rotatable bonds is 9. The number of ether oxygens (including phenoxy) is 1. The topological polar surface area (TPSA) is 26.3 Å². The van der Waals surface area contributed by atoms with Crippen molar-refractivity contribution in [3.05, 3.63) is 113 Å². The summed E-state index contributed by atoms with van der Waals surface area (Å²) in [5.74, 6) is 1.36. The third-order valence-electron chi connectivity index (χ3n) is 7.57. The van der Waals surface area contributed by atoms with Gasteiger partial charge in [-0.05, 0) is 105 Å². The highest BCUT2D eigenvalue weighted by molar-refractivity contribution is 5.91. The number of esters is 1. The average molecular weight is 485 g/mol. The molecule has 3 heteroatoms. The Balaban J connectivity index is 1.27. The van der Waals surface area contributed by atoms with Crippen molar-refractivity contribution in [3.8, 4) is 5.75 Å². The Bertz CT molecular complexity index is 1140. The number of carbonyl (C=O) groups excluding carboxylic acids is 1. The van der Waals surface area contributed by atoms with Crippen LogP contribution in [0, 0.1) is 11.7 Å². The molecule has 1 unspecified atom stereocenters. The van der Waals surface area contributed by atoms with E-state index in [2.05, 4.69) is 49.4 Å². The lowest BCUT2D eigenvalue weighted by atomic mass is 9.75. The van der Waals surface area contributed by atoms with Crippen LogP contribution in [-0.4, -0.2) is 5.97 Å². The standard InChI is InChI=1S/C33H37FO2/c1-3-4-6-11-29-20-21-31(23-32(29)34)36-33(35)30-18-16-28(17-19-30)27-14-12-25(13-15-27)22-24(2)26-9-7-5-8-10-26/h3-5,7-10,16-21,23-25,27H,6,11-15,22H2,1-2H3/b4-3+. The summed E-state index contributed by atoms with van der Waals surface area (Å²) in [6.07, 6.45) is 11.5. The molecule has 0 bridgehead atoms. The van der Waals surface area contributed by atoms with E-state index < -0.39 is 5.97 Å². The highest BCUT2D eigenvalue weighted by atomic mass is 19.1. The molecule has 0 radical (unpaired) electrons. The van der Waals surface area contributed by atoms with E-state index in [4.69, 9.17) is 4.74 Å². The first kappa shape index (κ1) is 25.9. The Morgan fingerprint density at radius 2 is 1.72 bits per heavy atom. The van der Waals surface area contributed by atoms with E-state index in [1.54, 1.807) is 12.1 Å². The molecule has 0 heterocycles. The zero-order valence-corrected chi connectivity index (χ0v) is 21.5. The zero-order valence-electron chi connectivity index (χ0n) is 21.5. The maximum atomic E-state index is 14.4. The second-order valence-corrected chi connectivity index (χ2v) is 10.1. The lowest BCUT2D eigenvalue weighted by molar-refractivity contribution is 0.0734. The molecule has 3 aromatic carbocycles. The molecule has 3 aromatic rings. The molecule has 36 heavy (non-hydrogen) atoms. The molecule has 4 rings (SSSR count). The van der Waals surface area contributed by atoms with Crippen LogP contribution < -0.4 is 4.74 Å². The minimum Gasteiger partial charge on any atom is -0.423 e. The summed E-state index contributed by atoms with van der Waals surface area (Å²) >= 11 is 0. The van der Waals surface area contributed by atoms with E-state index in [1.165, 1.54) is 49.3 Å². The molecule has 0 aliphatic heterocycles. The van der Waals surface area contributed by atoms with E-state index in [9.17, 15) is 9.18 Å². The minimum atomic E-state index is -0.457. The maximum Gasteiger partial charge on any atom is 0.343 e. The molecule has 188 valence electrons. The van der Waals surface area contributed by atoms with Gasteiger partial charge in [0, 0.05) is 6.07 Å². The van der Waals surface area contributed by atoms with Crippen molar-refractivity contribution in [3.63, 3.8) is 0 Å². The Kier molecular flexibility index (Phi) is 9.11. The predicted molar refractivity (Wildman–Crippen MR) is 145 cm³/mol. The van der Waals surface area contributed by atoms with E-state index in [0.29, 0.717) is 29.4 Å². The van der Waals surface area contributed by atoms with E-state index in [0.717, 1.165) is 12.3 Å². The van der Waals surface area contributed by atoms with Crippen molar-refractivity contribution >= 4 is 5.97 Å². The van der Waals surface area contributed by atoms with E-state index in [-0.39, 0.29) is 11.6 Å². The molecular weight excluding hydrogens is 447 g/mol. The summed E-state index contributed by atoms with van der Waals surface area (Å²) in [6, 6.07) is 23.3. The van der Waals surface area contributed by atoms with E-state index in [1.807, 2.05) is 31.2 Å². The second-order valence-electron chi connectivity index (χ2n) is 10.1. The SMILES string of the molecule is C/C=C/CCc1ccc(OC(=O)c2ccc(C3CCC(CC(C)c4ccccc4)CC3)cc2)cc1F. The number of benzene rings is 3. The van der Waals surface area contributed by atoms with Gasteiger partial charge in [-0.3, -0.25) is 0 Å². The normalized spacial score (nSPS) is 18.8. The van der Waals surface area contributed by atoms with Gasteiger partial charge in [-0.1, -0.05) is 67.6 Å².